The van der Waals surface area contributed by atoms with Crippen LogP contribution in [0.3, 0.4) is 0 Å². The SMILES string of the molecule is CCOC(=O)C(O)C(C)C(=O)c1ncc(C(F)(F)F)cc1OC. The lowest BCUT2D eigenvalue weighted by molar-refractivity contribution is -0.154. The van der Waals surface area contributed by atoms with E-state index in [2.05, 4.69) is 9.72 Å². The third-order valence-electron chi connectivity index (χ3n) is 3.05. The molecule has 0 saturated carbocycles. The van der Waals surface area contributed by atoms with Crippen molar-refractivity contribution in [1.29, 1.82) is 0 Å². The average molecular weight is 335 g/mol. The van der Waals surface area contributed by atoms with Crippen molar-refractivity contribution in [2.75, 3.05) is 13.7 Å². The van der Waals surface area contributed by atoms with Gasteiger partial charge in [0.15, 0.2) is 11.9 Å². The fourth-order valence-corrected chi connectivity index (χ4v) is 1.73. The number of alkyl halides is 3. The van der Waals surface area contributed by atoms with Crippen LogP contribution in [0.4, 0.5) is 13.2 Å². The summed E-state index contributed by atoms with van der Waals surface area (Å²) < 4.78 is 47.2. The van der Waals surface area contributed by atoms with Gasteiger partial charge in [-0.1, -0.05) is 6.92 Å². The Kier molecular flexibility index (Phi) is 6.08. The van der Waals surface area contributed by atoms with Gasteiger partial charge in [-0.3, -0.25) is 4.79 Å². The van der Waals surface area contributed by atoms with Crippen LogP contribution < -0.4 is 4.74 Å². The summed E-state index contributed by atoms with van der Waals surface area (Å²) in [5.41, 5.74) is -1.49. The number of halogens is 3. The van der Waals surface area contributed by atoms with Gasteiger partial charge in [0, 0.05) is 6.20 Å². The fraction of sp³-hybridized carbons (Fsp3) is 0.500. The number of aliphatic hydroxyl groups is 1. The summed E-state index contributed by atoms with van der Waals surface area (Å²) in [6.45, 7) is 2.78. The van der Waals surface area contributed by atoms with E-state index in [1.54, 1.807) is 0 Å². The van der Waals surface area contributed by atoms with E-state index in [4.69, 9.17) is 4.74 Å². The Labute approximate surface area is 130 Å². The molecule has 0 fully saturated rings. The maximum atomic E-state index is 12.6. The first-order valence-corrected chi connectivity index (χ1v) is 6.63. The smallest absolute Gasteiger partial charge is 0.418 e. The molecule has 0 aliphatic rings. The van der Waals surface area contributed by atoms with Crippen LogP contribution in [0.2, 0.25) is 0 Å². The van der Waals surface area contributed by atoms with Crippen molar-refractivity contribution >= 4 is 11.8 Å². The number of hydrogen-bond acceptors (Lipinski definition) is 6. The number of aromatic nitrogens is 1. The Balaban J connectivity index is 3.10. The molecule has 128 valence electrons. The van der Waals surface area contributed by atoms with E-state index in [1.807, 2.05) is 0 Å². The highest BCUT2D eigenvalue weighted by atomic mass is 19.4. The van der Waals surface area contributed by atoms with Crippen LogP contribution in [-0.2, 0) is 15.7 Å². The molecule has 0 spiro atoms. The second-order valence-electron chi connectivity index (χ2n) is 4.62. The molecule has 0 aromatic carbocycles. The number of Topliss-reactive ketones (excluding diaryl/α,β-unsaturated/α-hetero) is 1. The van der Waals surface area contributed by atoms with Gasteiger partial charge in [0.2, 0.25) is 0 Å². The molecule has 0 amide bonds. The number of esters is 1. The highest BCUT2D eigenvalue weighted by Gasteiger charge is 2.35. The van der Waals surface area contributed by atoms with Crippen molar-refractivity contribution < 1.29 is 37.3 Å². The van der Waals surface area contributed by atoms with Crippen molar-refractivity contribution in [2.24, 2.45) is 5.92 Å². The molecule has 0 aliphatic heterocycles. The number of carbonyl (C=O) groups excluding carboxylic acids is 2. The van der Waals surface area contributed by atoms with Gasteiger partial charge in [0.1, 0.15) is 11.4 Å². The topological polar surface area (TPSA) is 85.7 Å². The van der Waals surface area contributed by atoms with E-state index >= 15 is 0 Å². The summed E-state index contributed by atoms with van der Waals surface area (Å²) >= 11 is 0. The number of carbonyl (C=O) groups is 2. The number of ketones is 1. The summed E-state index contributed by atoms with van der Waals surface area (Å²) in [7, 11) is 1.08. The largest absolute Gasteiger partial charge is 0.494 e. The Morgan fingerprint density at radius 3 is 2.48 bits per heavy atom. The second kappa shape index (κ2) is 7.40. The number of rotatable bonds is 6. The van der Waals surface area contributed by atoms with E-state index in [-0.39, 0.29) is 6.61 Å². The summed E-state index contributed by atoms with van der Waals surface area (Å²) in [4.78, 5) is 27.1. The van der Waals surface area contributed by atoms with Gasteiger partial charge in [0.05, 0.1) is 25.2 Å². The lowest BCUT2D eigenvalue weighted by Gasteiger charge is -2.17. The summed E-state index contributed by atoms with van der Waals surface area (Å²) in [6.07, 6.45) is -5.91. The van der Waals surface area contributed by atoms with Gasteiger partial charge >= 0.3 is 12.1 Å². The number of aliphatic hydroxyl groups excluding tert-OH is 1. The average Bonchev–Trinajstić information content (AvgIpc) is 2.51. The van der Waals surface area contributed by atoms with Gasteiger partial charge in [-0.2, -0.15) is 13.2 Å². The lowest BCUT2D eigenvalue weighted by atomic mass is 9.96. The zero-order valence-electron chi connectivity index (χ0n) is 12.7. The van der Waals surface area contributed by atoms with Crippen LogP contribution >= 0.6 is 0 Å². The van der Waals surface area contributed by atoms with Crippen molar-refractivity contribution in [3.63, 3.8) is 0 Å². The molecular formula is C14H16F3NO5. The van der Waals surface area contributed by atoms with Gasteiger partial charge in [-0.25, -0.2) is 9.78 Å². The zero-order valence-corrected chi connectivity index (χ0v) is 12.7. The molecule has 1 N–H and O–H groups in total. The normalized spacial score (nSPS) is 14.0. The minimum absolute atomic E-state index is 0.0126. The molecule has 2 unspecified atom stereocenters. The molecule has 6 nitrogen and oxygen atoms in total. The van der Waals surface area contributed by atoms with Gasteiger partial charge in [-0.15, -0.1) is 0 Å². The van der Waals surface area contributed by atoms with Gasteiger partial charge in [-0.05, 0) is 13.0 Å². The molecule has 1 aromatic heterocycles. The minimum atomic E-state index is -4.64. The van der Waals surface area contributed by atoms with Gasteiger partial charge in [0.25, 0.3) is 0 Å². The minimum Gasteiger partial charge on any atom is -0.494 e. The van der Waals surface area contributed by atoms with Crippen molar-refractivity contribution in [1.82, 2.24) is 4.98 Å². The molecule has 1 rings (SSSR count). The molecule has 9 heteroatoms. The quantitative estimate of drug-likeness (QED) is 0.631. The summed E-state index contributed by atoms with van der Waals surface area (Å²) in [5, 5.41) is 9.75. The van der Waals surface area contributed by atoms with Crippen molar-refractivity contribution in [3.8, 4) is 5.75 Å². The predicted molar refractivity (Wildman–Crippen MR) is 71.9 cm³/mol. The Morgan fingerprint density at radius 1 is 1.39 bits per heavy atom. The van der Waals surface area contributed by atoms with Crippen LogP contribution in [0.15, 0.2) is 12.3 Å². The second-order valence-corrected chi connectivity index (χ2v) is 4.62. The Bertz CT molecular complexity index is 588. The molecule has 23 heavy (non-hydrogen) atoms. The Morgan fingerprint density at radius 2 is 2.00 bits per heavy atom. The third-order valence-corrected chi connectivity index (χ3v) is 3.05. The maximum Gasteiger partial charge on any atom is 0.418 e. The van der Waals surface area contributed by atoms with Crippen molar-refractivity contribution in [2.45, 2.75) is 26.1 Å². The number of methoxy groups -OCH3 is 1. The lowest BCUT2D eigenvalue weighted by Crippen LogP contribution is -2.35. The van der Waals surface area contributed by atoms with E-state index in [0.717, 1.165) is 7.11 Å². The molecule has 0 aliphatic carbocycles. The van der Waals surface area contributed by atoms with Crippen LogP contribution in [-0.4, -0.2) is 41.7 Å². The van der Waals surface area contributed by atoms with E-state index < -0.39 is 47.0 Å². The molecule has 1 heterocycles. The number of ether oxygens (including phenoxy) is 2. The molecular weight excluding hydrogens is 319 g/mol. The van der Waals surface area contributed by atoms with Crippen LogP contribution in [0.25, 0.3) is 0 Å². The first-order valence-electron chi connectivity index (χ1n) is 6.63. The summed E-state index contributed by atoms with van der Waals surface area (Å²) in [6, 6.07) is 0.629. The number of nitrogens with zero attached hydrogens (tertiary/aromatic N) is 1. The monoisotopic (exact) mass is 335 g/mol. The van der Waals surface area contributed by atoms with Gasteiger partial charge < -0.3 is 14.6 Å². The Hall–Kier alpha value is -2.16. The third kappa shape index (κ3) is 4.41. The van der Waals surface area contributed by atoms with E-state index in [1.165, 1.54) is 13.8 Å². The molecule has 0 radical (unpaired) electrons. The number of hydrogen-bond donors (Lipinski definition) is 1. The predicted octanol–water partition coefficient (Wildman–Crippen LogP) is 1.85. The number of pyridine rings is 1. The molecule has 0 saturated heterocycles. The van der Waals surface area contributed by atoms with Crippen molar-refractivity contribution in [3.05, 3.63) is 23.5 Å². The van der Waals surface area contributed by atoms with Crippen LogP contribution in [0, 0.1) is 5.92 Å². The first kappa shape index (κ1) is 18.9. The van der Waals surface area contributed by atoms with Crippen LogP contribution in [0.5, 0.6) is 5.75 Å². The maximum absolute atomic E-state index is 12.6. The van der Waals surface area contributed by atoms with Crippen LogP contribution in [0.1, 0.15) is 29.9 Å². The zero-order chi connectivity index (χ0) is 17.8. The molecule has 0 bridgehead atoms. The van der Waals surface area contributed by atoms with E-state index in [0.29, 0.717) is 12.3 Å². The first-order chi connectivity index (χ1) is 10.6. The highest BCUT2D eigenvalue weighted by Crippen LogP contribution is 2.32. The molecule has 1 aromatic rings. The highest BCUT2D eigenvalue weighted by molar-refractivity contribution is 6.00. The molecule has 2 atom stereocenters. The summed E-state index contributed by atoms with van der Waals surface area (Å²) in [5.74, 6) is -3.49. The van der Waals surface area contributed by atoms with E-state index in [9.17, 15) is 27.9 Å². The standard InChI is InChI=1S/C14H16F3NO5/c1-4-23-13(21)12(20)7(2)11(19)10-9(22-3)5-8(6-18-10)14(15,16)17/h5-7,12,20H,4H2,1-3H3. The fourth-order valence-electron chi connectivity index (χ4n) is 1.73.